The second-order valence-corrected chi connectivity index (χ2v) is 10.7. The van der Waals surface area contributed by atoms with Crippen LogP contribution >= 0.6 is 11.3 Å². The largest absolute Gasteiger partial charge is 0.340 e. The average molecular weight is 511 g/mol. The summed E-state index contributed by atoms with van der Waals surface area (Å²) in [5, 5.41) is 6.41. The Labute approximate surface area is 220 Å². The lowest BCUT2D eigenvalue weighted by molar-refractivity contribution is -0.126. The second-order valence-electron chi connectivity index (χ2n) is 9.74. The molecule has 6 rings (SSSR count). The number of benzene rings is 2. The molecule has 2 aliphatic heterocycles. The Hall–Kier alpha value is -3.71. The van der Waals surface area contributed by atoms with E-state index in [1.807, 2.05) is 55.5 Å². The summed E-state index contributed by atoms with van der Waals surface area (Å²) >= 11 is 1.39. The molecular weight excluding hydrogens is 480 g/mol. The maximum absolute atomic E-state index is 14.1. The Bertz CT molecular complexity index is 1610. The van der Waals surface area contributed by atoms with Crippen molar-refractivity contribution in [3.63, 3.8) is 0 Å². The molecule has 3 heterocycles. The molecule has 1 saturated carbocycles. The van der Waals surface area contributed by atoms with Gasteiger partial charge in [-0.05, 0) is 56.5 Å². The van der Waals surface area contributed by atoms with Crippen molar-refractivity contribution < 1.29 is 4.79 Å². The number of hydrogen-bond acceptors (Lipinski definition) is 5. The first kappa shape index (κ1) is 23.7. The van der Waals surface area contributed by atoms with Gasteiger partial charge >= 0.3 is 0 Å². The highest BCUT2D eigenvalue weighted by Gasteiger charge is 2.35. The quantitative estimate of drug-likeness (QED) is 0.529. The Kier molecular flexibility index (Phi) is 6.16. The number of hydrazone groups is 1. The molecule has 0 N–H and O–H groups in total. The van der Waals surface area contributed by atoms with Gasteiger partial charge in [0.2, 0.25) is 0 Å². The number of para-hydroxylation sites is 2. The first-order chi connectivity index (χ1) is 18.1. The summed E-state index contributed by atoms with van der Waals surface area (Å²) in [5.74, 6) is -0.0937. The SMILES string of the molecule is CCN1C(=c2sc(=C3C(=O)N(C4CCCCC4)N=C3C)n(-c3ccccc3)c2=O)C=Cc2ccccc21. The number of amides is 1. The molecule has 3 aliphatic rings. The van der Waals surface area contributed by atoms with Crippen molar-refractivity contribution in [1.29, 1.82) is 0 Å². The molecule has 1 aromatic heterocycles. The lowest BCUT2D eigenvalue weighted by Gasteiger charge is -2.28. The Morgan fingerprint density at radius 3 is 2.43 bits per heavy atom. The van der Waals surface area contributed by atoms with Gasteiger partial charge in [-0.3, -0.25) is 14.2 Å². The zero-order chi connectivity index (χ0) is 25.5. The smallest absolute Gasteiger partial charge is 0.279 e. The number of fused-ring (bicyclic) bond motifs is 1. The van der Waals surface area contributed by atoms with Crippen molar-refractivity contribution in [2.24, 2.45) is 5.10 Å². The van der Waals surface area contributed by atoms with Gasteiger partial charge in [0.1, 0.15) is 9.20 Å². The fourth-order valence-electron chi connectivity index (χ4n) is 5.66. The van der Waals surface area contributed by atoms with E-state index in [0.29, 0.717) is 20.5 Å². The van der Waals surface area contributed by atoms with Crippen LogP contribution in [0.1, 0.15) is 51.5 Å². The second kappa shape index (κ2) is 9.63. The minimum atomic E-state index is -0.118. The van der Waals surface area contributed by atoms with E-state index in [-0.39, 0.29) is 17.5 Å². The van der Waals surface area contributed by atoms with Gasteiger partial charge in [-0.15, -0.1) is 11.3 Å². The molecule has 1 aliphatic carbocycles. The van der Waals surface area contributed by atoms with Crippen molar-refractivity contribution >= 4 is 46.0 Å². The molecule has 6 nitrogen and oxygen atoms in total. The average Bonchev–Trinajstić information content (AvgIpc) is 3.43. The van der Waals surface area contributed by atoms with Crippen molar-refractivity contribution in [1.82, 2.24) is 9.58 Å². The van der Waals surface area contributed by atoms with Gasteiger partial charge in [0, 0.05) is 12.2 Å². The third-order valence-electron chi connectivity index (χ3n) is 7.48. The van der Waals surface area contributed by atoms with E-state index in [2.05, 4.69) is 30.0 Å². The molecule has 0 atom stereocenters. The molecular formula is C30H30N4O2S. The molecule has 0 spiro atoms. The Morgan fingerprint density at radius 2 is 1.68 bits per heavy atom. The van der Waals surface area contributed by atoms with Crippen LogP contribution in [0.5, 0.6) is 0 Å². The van der Waals surface area contributed by atoms with Crippen LogP contribution in [-0.2, 0) is 4.79 Å². The molecule has 37 heavy (non-hydrogen) atoms. The van der Waals surface area contributed by atoms with Gasteiger partial charge < -0.3 is 4.90 Å². The number of aromatic nitrogens is 1. The van der Waals surface area contributed by atoms with Gasteiger partial charge in [-0.1, -0.05) is 61.7 Å². The van der Waals surface area contributed by atoms with E-state index in [1.165, 1.54) is 17.8 Å². The molecule has 0 saturated heterocycles. The number of thiazole rings is 1. The Balaban J connectivity index is 1.62. The summed E-state index contributed by atoms with van der Waals surface area (Å²) in [6.07, 6.45) is 9.49. The van der Waals surface area contributed by atoms with Crippen LogP contribution < -0.4 is 19.7 Å². The van der Waals surface area contributed by atoms with Gasteiger partial charge in [0.05, 0.1) is 28.7 Å². The maximum Gasteiger partial charge on any atom is 0.279 e. The number of rotatable bonds is 3. The van der Waals surface area contributed by atoms with Crippen LogP contribution in [0.2, 0.25) is 0 Å². The molecule has 3 aromatic rings. The third kappa shape index (κ3) is 3.98. The highest BCUT2D eigenvalue weighted by atomic mass is 32.1. The van der Waals surface area contributed by atoms with E-state index in [9.17, 15) is 9.59 Å². The standard InChI is InChI=1S/C30H30N4O2S/c1-3-32-24-17-11-10-12-21(24)18-19-25(32)27-29(36)33(22-13-6-4-7-14-22)30(37-27)26-20(2)31-34(28(26)35)23-15-8-5-9-16-23/h4,6-7,10-14,17-19,23H,3,5,8-9,15-16H2,1-2H3. The van der Waals surface area contributed by atoms with Crippen molar-refractivity contribution in [3.05, 3.63) is 85.8 Å². The topological polar surface area (TPSA) is 57.9 Å². The van der Waals surface area contributed by atoms with Crippen LogP contribution in [0.4, 0.5) is 5.69 Å². The molecule has 7 heteroatoms. The van der Waals surface area contributed by atoms with E-state index in [4.69, 9.17) is 5.10 Å². The summed E-state index contributed by atoms with van der Waals surface area (Å²) < 4.78 is 2.97. The maximum atomic E-state index is 14.1. The molecule has 0 radical (unpaired) electrons. The minimum Gasteiger partial charge on any atom is -0.340 e. The number of carbonyl (C=O) groups is 1. The predicted octanol–water partition coefficient (Wildman–Crippen LogP) is 4.26. The lowest BCUT2D eigenvalue weighted by Crippen LogP contribution is -2.38. The monoisotopic (exact) mass is 510 g/mol. The van der Waals surface area contributed by atoms with Crippen LogP contribution in [0.25, 0.3) is 23.0 Å². The summed E-state index contributed by atoms with van der Waals surface area (Å²) in [7, 11) is 0. The summed E-state index contributed by atoms with van der Waals surface area (Å²) in [4.78, 5) is 30.1. The lowest BCUT2D eigenvalue weighted by atomic mass is 9.95. The first-order valence-corrected chi connectivity index (χ1v) is 13.9. The summed E-state index contributed by atoms with van der Waals surface area (Å²) in [6.45, 7) is 4.70. The van der Waals surface area contributed by atoms with E-state index >= 15 is 0 Å². The van der Waals surface area contributed by atoms with Crippen LogP contribution in [0.15, 0.2) is 70.6 Å². The number of carbonyl (C=O) groups excluding carboxylic acids is 1. The summed E-state index contributed by atoms with van der Waals surface area (Å²) in [6, 6.07) is 17.9. The van der Waals surface area contributed by atoms with Gasteiger partial charge in [0.15, 0.2) is 0 Å². The van der Waals surface area contributed by atoms with Gasteiger partial charge in [-0.25, -0.2) is 5.01 Å². The van der Waals surface area contributed by atoms with Crippen LogP contribution in [-0.4, -0.2) is 33.8 Å². The zero-order valence-corrected chi connectivity index (χ0v) is 22.0. The fourth-order valence-corrected chi connectivity index (χ4v) is 6.93. The van der Waals surface area contributed by atoms with Crippen LogP contribution in [0.3, 0.4) is 0 Å². The van der Waals surface area contributed by atoms with Crippen molar-refractivity contribution in [2.45, 2.75) is 52.0 Å². The Morgan fingerprint density at radius 1 is 0.946 bits per heavy atom. The molecule has 1 fully saturated rings. The highest BCUT2D eigenvalue weighted by molar-refractivity contribution is 7.08. The fraction of sp³-hybridized carbons (Fsp3) is 0.300. The van der Waals surface area contributed by atoms with E-state index in [1.54, 1.807) is 9.58 Å². The molecule has 0 bridgehead atoms. The van der Waals surface area contributed by atoms with Gasteiger partial charge in [-0.2, -0.15) is 5.10 Å². The highest BCUT2D eigenvalue weighted by Crippen LogP contribution is 2.31. The van der Waals surface area contributed by atoms with Crippen molar-refractivity contribution in [2.75, 3.05) is 11.4 Å². The number of likely N-dealkylation sites (N-methyl/N-ethyl adjacent to an activating group) is 1. The predicted molar refractivity (Wildman–Crippen MR) is 151 cm³/mol. The molecule has 1 amide bonds. The first-order valence-electron chi connectivity index (χ1n) is 13.1. The van der Waals surface area contributed by atoms with E-state index in [0.717, 1.165) is 54.9 Å². The summed E-state index contributed by atoms with van der Waals surface area (Å²) in [5.41, 5.74) is 4.90. The van der Waals surface area contributed by atoms with Crippen LogP contribution in [0, 0.1) is 0 Å². The van der Waals surface area contributed by atoms with Gasteiger partial charge in [0.25, 0.3) is 11.5 Å². The van der Waals surface area contributed by atoms with Crippen molar-refractivity contribution in [3.8, 4) is 5.69 Å². The minimum absolute atomic E-state index is 0.0937. The number of nitrogens with zero attached hydrogens (tertiary/aromatic N) is 4. The van der Waals surface area contributed by atoms with E-state index < -0.39 is 0 Å². The number of hydrogen-bond donors (Lipinski definition) is 0. The molecule has 2 aromatic carbocycles. The zero-order valence-electron chi connectivity index (χ0n) is 21.2. The molecule has 188 valence electrons. The normalized spacial score (nSPS) is 20.9. The molecule has 0 unspecified atom stereocenters. The number of anilines is 1. The third-order valence-corrected chi connectivity index (χ3v) is 8.65.